The molecule has 0 bridgehead atoms. The van der Waals surface area contributed by atoms with Crippen LogP contribution in [0.25, 0.3) is 0 Å². The molecule has 5 nitrogen and oxygen atoms in total. The van der Waals surface area contributed by atoms with Crippen molar-refractivity contribution in [1.29, 1.82) is 0 Å². The Morgan fingerprint density at radius 1 is 1.00 bits per heavy atom. The van der Waals surface area contributed by atoms with Gasteiger partial charge in [0.15, 0.2) is 0 Å². The Kier molecular flexibility index (Phi) is 5.94. The normalized spacial score (nSPS) is 17.5. The average molecular weight is 439 g/mol. The van der Waals surface area contributed by atoms with Crippen LogP contribution < -0.4 is 10.6 Å². The summed E-state index contributed by atoms with van der Waals surface area (Å²) in [5, 5.41) is 5.58. The molecule has 1 aliphatic rings. The molecule has 2 aromatic carbocycles. The molecule has 2 atom stereocenters. The highest BCUT2D eigenvalue weighted by Crippen LogP contribution is 2.48. The molecule has 1 aliphatic carbocycles. The standard InChI is InChI=1S/C24H20F3N3O2/c25-24(26,27)17-9-7-15(8-10-17)20-13-21(20)23(32)30-18-6-3-4-16(12-18)22(31)29-14-19-5-1-2-11-28-19/h1-12,20-21H,13-14H2,(H,29,31)(H,30,32). The number of nitrogens with zero attached hydrogens (tertiary/aromatic N) is 1. The first-order valence-electron chi connectivity index (χ1n) is 10.1. The van der Waals surface area contributed by atoms with Gasteiger partial charge in [-0.3, -0.25) is 14.6 Å². The summed E-state index contributed by atoms with van der Waals surface area (Å²) in [6.45, 7) is 0.285. The zero-order valence-corrected chi connectivity index (χ0v) is 16.9. The van der Waals surface area contributed by atoms with Gasteiger partial charge in [-0.15, -0.1) is 0 Å². The van der Waals surface area contributed by atoms with Gasteiger partial charge in [0.25, 0.3) is 5.91 Å². The van der Waals surface area contributed by atoms with Crippen LogP contribution in [0.2, 0.25) is 0 Å². The van der Waals surface area contributed by atoms with Crippen LogP contribution in [0.3, 0.4) is 0 Å². The number of pyridine rings is 1. The third kappa shape index (κ3) is 5.14. The molecule has 2 N–H and O–H groups in total. The zero-order valence-electron chi connectivity index (χ0n) is 16.9. The molecule has 2 unspecified atom stereocenters. The fourth-order valence-corrected chi connectivity index (χ4v) is 3.52. The van der Waals surface area contributed by atoms with E-state index >= 15 is 0 Å². The van der Waals surface area contributed by atoms with Crippen molar-refractivity contribution in [1.82, 2.24) is 10.3 Å². The summed E-state index contributed by atoms with van der Waals surface area (Å²) in [5.41, 5.74) is 1.61. The van der Waals surface area contributed by atoms with Crippen molar-refractivity contribution in [3.8, 4) is 0 Å². The predicted molar refractivity (Wildman–Crippen MR) is 113 cm³/mol. The van der Waals surface area contributed by atoms with Crippen molar-refractivity contribution in [2.75, 3.05) is 5.32 Å². The largest absolute Gasteiger partial charge is 0.416 e. The van der Waals surface area contributed by atoms with Crippen LogP contribution in [0.15, 0.2) is 72.9 Å². The van der Waals surface area contributed by atoms with Crippen molar-refractivity contribution in [2.45, 2.75) is 25.1 Å². The number of hydrogen-bond acceptors (Lipinski definition) is 3. The summed E-state index contributed by atoms with van der Waals surface area (Å²) in [5.74, 6) is -0.933. The number of benzene rings is 2. The summed E-state index contributed by atoms with van der Waals surface area (Å²) in [4.78, 5) is 29.1. The minimum atomic E-state index is -4.38. The van der Waals surface area contributed by atoms with E-state index in [1.165, 1.54) is 12.1 Å². The lowest BCUT2D eigenvalue weighted by atomic mass is 10.1. The van der Waals surface area contributed by atoms with Gasteiger partial charge in [0, 0.05) is 23.4 Å². The number of alkyl halides is 3. The minimum absolute atomic E-state index is 0.109. The Morgan fingerprint density at radius 2 is 1.78 bits per heavy atom. The second kappa shape index (κ2) is 8.82. The maximum absolute atomic E-state index is 12.7. The first kappa shape index (κ1) is 21.5. The second-order valence-electron chi connectivity index (χ2n) is 7.64. The first-order chi connectivity index (χ1) is 15.3. The van der Waals surface area contributed by atoms with Crippen molar-refractivity contribution in [3.05, 3.63) is 95.3 Å². The highest BCUT2D eigenvalue weighted by atomic mass is 19.4. The third-order valence-corrected chi connectivity index (χ3v) is 5.34. The lowest BCUT2D eigenvalue weighted by Gasteiger charge is -2.09. The number of halogens is 3. The van der Waals surface area contributed by atoms with Crippen LogP contribution in [0, 0.1) is 5.92 Å². The monoisotopic (exact) mass is 439 g/mol. The van der Waals surface area contributed by atoms with E-state index in [2.05, 4.69) is 15.6 Å². The Labute approximate surface area is 182 Å². The Balaban J connectivity index is 1.33. The van der Waals surface area contributed by atoms with Crippen molar-refractivity contribution in [3.63, 3.8) is 0 Å². The number of aromatic nitrogens is 1. The van der Waals surface area contributed by atoms with Crippen molar-refractivity contribution < 1.29 is 22.8 Å². The van der Waals surface area contributed by atoms with Crippen LogP contribution >= 0.6 is 0 Å². The highest BCUT2D eigenvalue weighted by Gasteiger charge is 2.44. The summed E-state index contributed by atoms with van der Waals surface area (Å²) in [6.07, 6.45) is -2.16. The molecule has 164 valence electrons. The first-order valence-corrected chi connectivity index (χ1v) is 10.1. The van der Waals surface area contributed by atoms with Crippen LogP contribution in [-0.2, 0) is 17.5 Å². The topological polar surface area (TPSA) is 71.1 Å². The van der Waals surface area contributed by atoms with E-state index in [1.807, 2.05) is 6.07 Å². The third-order valence-electron chi connectivity index (χ3n) is 5.34. The van der Waals surface area contributed by atoms with Crippen molar-refractivity contribution >= 4 is 17.5 Å². The van der Waals surface area contributed by atoms with E-state index in [9.17, 15) is 22.8 Å². The summed E-state index contributed by atoms with van der Waals surface area (Å²) in [7, 11) is 0. The van der Waals surface area contributed by atoms with Gasteiger partial charge in [0.1, 0.15) is 0 Å². The molecule has 0 spiro atoms. The number of hydrogen-bond donors (Lipinski definition) is 2. The van der Waals surface area contributed by atoms with Crippen LogP contribution in [0.4, 0.5) is 18.9 Å². The van der Waals surface area contributed by atoms with E-state index in [4.69, 9.17) is 0 Å². The van der Waals surface area contributed by atoms with E-state index in [0.717, 1.165) is 17.8 Å². The highest BCUT2D eigenvalue weighted by molar-refractivity contribution is 5.98. The molecule has 0 radical (unpaired) electrons. The molecule has 1 aromatic heterocycles. The van der Waals surface area contributed by atoms with Crippen LogP contribution in [0.1, 0.15) is 39.5 Å². The number of carbonyl (C=O) groups excluding carboxylic acids is 2. The van der Waals surface area contributed by atoms with Gasteiger partial charge in [0.2, 0.25) is 5.91 Å². The summed E-state index contributed by atoms with van der Waals surface area (Å²) < 4.78 is 38.1. The number of rotatable bonds is 6. The zero-order chi connectivity index (χ0) is 22.7. The van der Waals surface area contributed by atoms with E-state index in [-0.39, 0.29) is 30.2 Å². The van der Waals surface area contributed by atoms with Gasteiger partial charge in [0.05, 0.1) is 17.8 Å². The molecule has 32 heavy (non-hydrogen) atoms. The Bertz CT molecular complexity index is 1120. The molecule has 1 heterocycles. The molecule has 1 fully saturated rings. The molecular formula is C24H20F3N3O2. The lowest BCUT2D eigenvalue weighted by Crippen LogP contribution is -2.23. The van der Waals surface area contributed by atoms with Gasteiger partial charge in [-0.25, -0.2) is 0 Å². The molecule has 1 saturated carbocycles. The molecular weight excluding hydrogens is 419 g/mol. The summed E-state index contributed by atoms with van der Waals surface area (Å²) in [6, 6.07) is 16.9. The molecule has 0 saturated heterocycles. The summed E-state index contributed by atoms with van der Waals surface area (Å²) >= 11 is 0. The number of amides is 2. The molecule has 8 heteroatoms. The average Bonchev–Trinajstić information content (AvgIpc) is 3.59. The smallest absolute Gasteiger partial charge is 0.346 e. The van der Waals surface area contributed by atoms with E-state index in [1.54, 1.807) is 42.6 Å². The number of carbonyl (C=O) groups is 2. The Morgan fingerprint density at radius 3 is 2.47 bits per heavy atom. The molecule has 0 aliphatic heterocycles. The predicted octanol–water partition coefficient (Wildman–Crippen LogP) is 4.77. The van der Waals surface area contributed by atoms with E-state index in [0.29, 0.717) is 23.2 Å². The fraction of sp³-hybridized carbons (Fsp3) is 0.208. The van der Waals surface area contributed by atoms with Gasteiger partial charge in [-0.2, -0.15) is 13.2 Å². The Hall–Kier alpha value is -3.68. The minimum Gasteiger partial charge on any atom is -0.346 e. The van der Waals surface area contributed by atoms with Gasteiger partial charge in [-0.1, -0.05) is 24.3 Å². The molecule has 2 amide bonds. The quantitative estimate of drug-likeness (QED) is 0.581. The fourth-order valence-electron chi connectivity index (χ4n) is 3.52. The SMILES string of the molecule is O=C(NCc1ccccn1)c1cccc(NC(=O)C2CC2c2ccc(C(F)(F)F)cc2)c1. The lowest BCUT2D eigenvalue weighted by molar-refractivity contribution is -0.137. The van der Waals surface area contributed by atoms with Gasteiger partial charge in [-0.05, 0) is 60.4 Å². The van der Waals surface area contributed by atoms with Gasteiger partial charge < -0.3 is 10.6 Å². The molecule has 3 aromatic rings. The van der Waals surface area contributed by atoms with Gasteiger partial charge >= 0.3 is 6.18 Å². The van der Waals surface area contributed by atoms with Crippen LogP contribution in [-0.4, -0.2) is 16.8 Å². The second-order valence-corrected chi connectivity index (χ2v) is 7.64. The maximum Gasteiger partial charge on any atom is 0.416 e. The maximum atomic E-state index is 12.7. The number of anilines is 1. The van der Waals surface area contributed by atoms with Crippen molar-refractivity contribution in [2.24, 2.45) is 5.92 Å². The molecule has 4 rings (SSSR count). The number of nitrogens with one attached hydrogen (secondary N) is 2. The van der Waals surface area contributed by atoms with E-state index < -0.39 is 11.7 Å². The van der Waals surface area contributed by atoms with Crippen LogP contribution in [0.5, 0.6) is 0 Å².